The minimum absolute atomic E-state index is 0.0595. The molecule has 0 heterocycles. The molecule has 0 radical (unpaired) electrons. The van der Waals surface area contributed by atoms with Crippen LogP contribution in [0.3, 0.4) is 0 Å². The van der Waals surface area contributed by atoms with Gasteiger partial charge >= 0.3 is 0 Å². The highest BCUT2D eigenvalue weighted by Gasteiger charge is 2.13. The standard InChI is InChI=1S/C14H16ClNO3S/c1-2-3-4-5-14(17)16-10-11-20(18,19)13-8-6-12(15)7-9-13/h2-9H,10-11H2,1H3,(H,16,17). The van der Waals surface area contributed by atoms with Crippen LogP contribution in [-0.2, 0) is 14.6 Å². The van der Waals surface area contributed by atoms with Crippen LogP contribution in [0, 0.1) is 0 Å². The number of halogens is 1. The highest BCUT2D eigenvalue weighted by atomic mass is 35.5. The van der Waals surface area contributed by atoms with E-state index in [-0.39, 0.29) is 23.1 Å². The van der Waals surface area contributed by atoms with E-state index in [1.54, 1.807) is 18.2 Å². The van der Waals surface area contributed by atoms with E-state index in [0.29, 0.717) is 5.02 Å². The molecule has 1 N–H and O–H groups in total. The summed E-state index contributed by atoms with van der Waals surface area (Å²) in [4.78, 5) is 11.5. The Labute approximate surface area is 124 Å². The summed E-state index contributed by atoms with van der Waals surface area (Å²) in [5, 5.41) is 2.99. The first-order valence-electron chi connectivity index (χ1n) is 6.01. The Morgan fingerprint density at radius 1 is 1.25 bits per heavy atom. The topological polar surface area (TPSA) is 63.2 Å². The molecular formula is C14H16ClNO3S. The maximum absolute atomic E-state index is 12.0. The molecule has 20 heavy (non-hydrogen) atoms. The first-order chi connectivity index (χ1) is 9.45. The lowest BCUT2D eigenvalue weighted by atomic mass is 10.4. The summed E-state index contributed by atoms with van der Waals surface area (Å²) < 4.78 is 23.9. The molecule has 0 aliphatic rings. The van der Waals surface area contributed by atoms with E-state index in [0.717, 1.165) is 0 Å². The average molecular weight is 314 g/mol. The van der Waals surface area contributed by atoms with Crippen LogP contribution in [0.5, 0.6) is 0 Å². The molecule has 0 spiro atoms. The van der Waals surface area contributed by atoms with E-state index in [2.05, 4.69) is 5.32 Å². The van der Waals surface area contributed by atoms with E-state index < -0.39 is 9.84 Å². The summed E-state index contributed by atoms with van der Waals surface area (Å²) in [6, 6.07) is 5.94. The molecule has 4 nitrogen and oxygen atoms in total. The van der Waals surface area contributed by atoms with Gasteiger partial charge in [-0.15, -0.1) is 0 Å². The van der Waals surface area contributed by atoms with Gasteiger partial charge in [-0.1, -0.05) is 29.8 Å². The molecular weight excluding hydrogens is 298 g/mol. The molecule has 6 heteroatoms. The Morgan fingerprint density at radius 3 is 2.50 bits per heavy atom. The van der Waals surface area contributed by atoms with Gasteiger partial charge in [-0.3, -0.25) is 4.79 Å². The molecule has 1 rings (SSSR count). The Bertz CT molecular complexity index is 604. The summed E-state index contributed by atoms with van der Waals surface area (Å²) in [6.07, 6.45) is 6.43. The molecule has 108 valence electrons. The fourth-order valence-electron chi connectivity index (χ4n) is 1.38. The van der Waals surface area contributed by atoms with Gasteiger partial charge in [0.1, 0.15) is 0 Å². The van der Waals surface area contributed by atoms with Crippen LogP contribution in [0.15, 0.2) is 53.5 Å². The number of sulfone groups is 1. The zero-order chi connectivity index (χ0) is 15.0. The van der Waals surface area contributed by atoms with Crippen molar-refractivity contribution in [3.63, 3.8) is 0 Å². The fourth-order valence-corrected chi connectivity index (χ4v) is 2.66. The molecule has 0 atom stereocenters. The number of carbonyl (C=O) groups excluding carboxylic acids is 1. The zero-order valence-corrected chi connectivity index (χ0v) is 12.6. The first kappa shape index (κ1) is 16.5. The van der Waals surface area contributed by atoms with Crippen LogP contribution >= 0.6 is 11.6 Å². The molecule has 0 bridgehead atoms. The monoisotopic (exact) mass is 313 g/mol. The van der Waals surface area contributed by atoms with Crippen LogP contribution in [-0.4, -0.2) is 26.6 Å². The molecule has 0 aliphatic heterocycles. The van der Waals surface area contributed by atoms with Gasteiger partial charge in [-0.05, 0) is 31.2 Å². The Morgan fingerprint density at radius 2 is 1.90 bits per heavy atom. The van der Waals surface area contributed by atoms with Gasteiger partial charge < -0.3 is 5.32 Å². The van der Waals surface area contributed by atoms with Gasteiger partial charge in [0.15, 0.2) is 9.84 Å². The molecule has 0 fully saturated rings. The molecule has 0 unspecified atom stereocenters. The minimum atomic E-state index is -3.41. The maximum atomic E-state index is 12.0. The van der Waals surface area contributed by atoms with Gasteiger partial charge in [0.2, 0.25) is 5.91 Å². The predicted molar refractivity (Wildman–Crippen MR) is 80.5 cm³/mol. The van der Waals surface area contributed by atoms with Crippen molar-refractivity contribution in [3.8, 4) is 0 Å². The van der Waals surface area contributed by atoms with Crippen LogP contribution in [0.2, 0.25) is 5.02 Å². The summed E-state index contributed by atoms with van der Waals surface area (Å²) >= 11 is 5.70. The number of benzene rings is 1. The number of rotatable bonds is 6. The molecule has 0 saturated heterocycles. The highest BCUT2D eigenvalue weighted by Crippen LogP contribution is 2.14. The molecule has 0 saturated carbocycles. The summed E-state index contributed by atoms with van der Waals surface area (Å²) in [5.74, 6) is -0.480. The number of hydrogen-bond acceptors (Lipinski definition) is 3. The fraction of sp³-hybridized carbons (Fsp3) is 0.214. The number of allylic oxidation sites excluding steroid dienone is 3. The van der Waals surface area contributed by atoms with Crippen molar-refractivity contribution in [2.45, 2.75) is 11.8 Å². The third-order valence-corrected chi connectivity index (χ3v) is 4.38. The van der Waals surface area contributed by atoms with Crippen molar-refractivity contribution in [2.24, 2.45) is 0 Å². The molecule has 1 aromatic rings. The van der Waals surface area contributed by atoms with E-state index in [1.807, 2.05) is 6.92 Å². The molecule has 0 aromatic heterocycles. The SMILES string of the molecule is CC=CC=CC(=O)NCCS(=O)(=O)c1ccc(Cl)cc1. The second-order valence-electron chi connectivity index (χ2n) is 3.95. The molecule has 1 amide bonds. The smallest absolute Gasteiger partial charge is 0.244 e. The normalized spacial score (nSPS) is 12.1. The van der Waals surface area contributed by atoms with Gasteiger partial charge in [-0.25, -0.2) is 8.42 Å². The lowest BCUT2D eigenvalue weighted by Gasteiger charge is -2.05. The molecule has 1 aromatic carbocycles. The first-order valence-corrected chi connectivity index (χ1v) is 8.04. The van der Waals surface area contributed by atoms with E-state index >= 15 is 0 Å². The van der Waals surface area contributed by atoms with Crippen molar-refractivity contribution in [1.82, 2.24) is 5.32 Å². The Hall–Kier alpha value is -1.59. The van der Waals surface area contributed by atoms with Crippen molar-refractivity contribution < 1.29 is 13.2 Å². The third-order valence-electron chi connectivity index (χ3n) is 2.39. The average Bonchev–Trinajstić information content (AvgIpc) is 2.39. The molecule has 0 aliphatic carbocycles. The number of hydrogen-bond donors (Lipinski definition) is 1. The second kappa shape index (κ2) is 7.87. The minimum Gasteiger partial charge on any atom is -0.352 e. The lowest BCUT2D eigenvalue weighted by Crippen LogP contribution is -2.27. The Balaban J connectivity index is 2.52. The van der Waals surface area contributed by atoms with Crippen LogP contribution in [0.1, 0.15) is 6.92 Å². The summed E-state index contributed by atoms with van der Waals surface area (Å²) in [7, 11) is -3.41. The van der Waals surface area contributed by atoms with Crippen molar-refractivity contribution >= 4 is 27.3 Å². The second-order valence-corrected chi connectivity index (χ2v) is 6.49. The lowest BCUT2D eigenvalue weighted by molar-refractivity contribution is -0.116. The maximum Gasteiger partial charge on any atom is 0.244 e. The summed E-state index contributed by atoms with van der Waals surface area (Å²) in [6.45, 7) is 1.89. The van der Waals surface area contributed by atoms with Crippen molar-refractivity contribution in [1.29, 1.82) is 0 Å². The van der Waals surface area contributed by atoms with E-state index in [1.165, 1.54) is 30.3 Å². The van der Waals surface area contributed by atoms with Crippen molar-refractivity contribution in [3.05, 3.63) is 53.6 Å². The van der Waals surface area contributed by atoms with Gasteiger partial charge in [0.25, 0.3) is 0 Å². The number of amides is 1. The highest BCUT2D eigenvalue weighted by molar-refractivity contribution is 7.91. The number of carbonyl (C=O) groups is 1. The van der Waals surface area contributed by atoms with E-state index in [4.69, 9.17) is 11.6 Å². The largest absolute Gasteiger partial charge is 0.352 e. The van der Waals surface area contributed by atoms with Crippen molar-refractivity contribution in [2.75, 3.05) is 12.3 Å². The predicted octanol–water partition coefficient (Wildman–Crippen LogP) is 2.36. The van der Waals surface area contributed by atoms with E-state index in [9.17, 15) is 13.2 Å². The van der Waals surface area contributed by atoms with Crippen LogP contribution in [0.25, 0.3) is 0 Å². The summed E-state index contributed by atoms with van der Waals surface area (Å²) in [5.41, 5.74) is 0. The zero-order valence-electron chi connectivity index (χ0n) is 11.0. The van der Waals surface area contributed by atoms with Gasteiger partial charge in [0, 0.05) is 17.6 Å². The van der Waals surface area contributed by atoms with Gasteiger partial charge in [-0.2, -0.15) is 0 Å². The van der Waals surface area contributed by atoms with Crippen LogP contribution < -0.4 is 5.32 Å². The van der Waals surface area contributed by atoms with Gasteiger partial charge in [0.05, 0.1) is 10.6 Å². The third kappa shape index (κ3) is 5.59. The quantitative estimate of drug-likeness (QED) is 0.648. The Kier molecular flexibility index (Phi) is 6.48. The number of nitrogens with one attached hydrogen (secondary N) is 1. The van der Waals surface area contributed by atoms with Crippen LogP contribution in [0.4, 0.5) is 0 Å².